The first kappa shape index (κ1) is 10.2. The SMILES string of the molecule is Clc1ccc(NC2=NC=NC3=NC=N[C@@H]32)cc1. The smallest absolute Gasteiger partial charge is 0.169 e. The normalized spacial score (nSPS) is 20.9. The Morgan fingerprint density at radius 2 is 1.88 bits per heavy atom. The average Bonchev–Trinajstić information content (AvgIpc) is 2.81. The van der Waals surface area contributed by atoms with Crippen LogP contribution in [0.3, 0.4) is 0 Å². The van der Waals surface area contributed by atoms with E-state index in [2.05, 4.69) is 25.3 Å². The van der Waals surface area contributed by atoms with Crippen LogP contribution in [0.1, 0.15) is 0 Å². The second-order valence-corrected chi connectivity index (χ2v) is 3.98. The lowest BCUT2D eigenvalue weighted by Gasteiger charge is -2.15. The van der Waals surface area contributed by atoms with Crippen molar-refractivity contribution in [2.45, 2.75) is 6.04 Å². The maximum atomic E-state index is 5.82. The summed E-state index contributed by atoms with van der Waals surface area (Å²) in [5.41, 5.74) is 0.907. The molecule has 2 heterocycles. The van der Waals surface area contributed by atoms with Gasteiger partial charge in [0.25, 0.3) is 0 Å². The number of anilines is 1. The van der Waals surface area contributed by atoms with E-state index in [1.54, 1.807) is 0 Å². The minimum atomic E-state index is -0.212. The van der Waals surface area contributed by atoms with E-state index in [1.807, 2.05) is 24.3 Å². The molecule has 1 atom stereocenters. The molecule has 0 fully saturated rings. The molecule has 1 aromatic rings. The Kier molecular flexibility index (Phi) is 2.45. The minimum Gasteiger partial charge on any atom is -0.341 e. The van der Waals surface area contributed by atoms with Gasteiger partial charge >= 0.3 is 0 Å². The fraction of sp³-hybridized carbons (Fsp3) is 0.0909. The first-order valence-electron chi connectivity index (χ1n) is 5.05. The first-order chi connectivity index (χ1) is 8.33. The van der Waals surface area contributed by atoms with Crippen molar-refractivity contribution >= 4 is 41.6 Å². The average molecular weight is 246 g/mol. The fourth-order valence-electron chi connectivity index (χ4n) is 1.60. The van der Waals surface area contributed by atoms with Crippen molar-refractivity contribution in [1.29, 1.82) is 0 Å². The maximum Gasteiger partial charge on any atom is 0.169 e. The van der Waals surface area contributed by atoms with E-state index in [9.17, 15) is 0 Å². The van der Waals surface area contributed by atoms with Crippen LogP contribution in [0.25, 0.3) is 0 Å². The topological polar surface area (TPSA) is 61.5 Å². The number of halogens is 1. The molecule has 5 nitrogen and oxygen atoms in total. The highest BCUT2D eigenvalue weighted by Gasteiger charge is 2.26. The summed E-state index contributed by atoms with van der Waals surface area (Å²) in [6.07, 6.45) is 2.98. The van der Waals surface area contributed by atoms with Gasteiger partial charge in [-0.1, -0.05) is 11.6 Å². The van der Waals surface area contributed by atoms with Crippen molar-refractivity contribution in [2.24, 2.45) is 20.0 Å². The third-order valence-electron chi connectivity index (χ3n) is 2.41. The lowest BCUT2D eigenvalue weighted by atomic mass is 10.2. The van der Waals surface area contributed by atoms with Gasteiger partial charge in [0.1, 0.15) is 18.5 Å². The van der Waals surface area contributed by atoms with E-state index in [0.717, 1.165) is 11.5 Å². The molecule has 1 aromatic carbocycles. The van der Waals surface area contributed by atoms with Crippen LogP contribution >= 0.6 is 11.6 Å². The summed E-state index contributed by atoms with van der Waals surface area (Å²) >= 11 is 5.82. The van der Waals surface area contributed by atoms with E-state index in [4.69, 9.17) is 11.6 Å². The van der Waals surface area contributed by atoms with Crippen molar-refractivity contribution < 1.29 is 0 Å². The zero-order valence-corrected chi connectivity index (χ0v) is 9.46. The summed E-state index contributed by atoms with van der Waals surface area (Å²) in [7, 11) is 0. The van der Waals surface area contributed by atoms with Crippen LogP contribution in [0.2, 0.25) is 5.02 Å². The Bertz CT molecular complexity index is 556. The molecule has 0 spiro atoms. The van der Waals surface area contributed by atoms with Crippen LogP contribution in [0.15, 0.2) is 44.2 Å². The first-order valence-corrected chi connectivity index (χ1v) is 5.43. The van der Waals surface area contributed by atoms with Gasteiger partial charge < -0.3 is 5.32 Å². The van der Waals surface area contributed by atoms with E-state index in [-0.39, 0.29) is 6.04 Å². The zero-order valence-electron chi connectivity index (χ0n) is 8.71. The highest BCUT2D eigenvalue weighted by atomic mass is 35.5. The summed E-state index contributed by atoms with van der Waals surface area (Å²) in [5, 5.41) is 3.88. The van der Waals surface area contributed by atoms with Crippen molar-refractivity contribution in [2.75, 3.05) is 5.32 Å². The zero-order chi connectivity index (χ0) is 11.7. The molecular weight excluding hydrogens is 238 g/mol. The molecule has 2 aliphatic rings. The molecule has 0 unspecified atom stereocenters. The van der Waals surface area contributed by atoms with Crippen LogP contribution in [-0.2, 0) is 0 Å². The largest absolute Gasteiger partial charge is 0.341 e. The van der Waals surface area contributed by atoms with E-state index >= 15 is 0 Å². The van der Waals surface area contributed by atoms with Gasteiger partial charge in [0.05, 0.1) is 0 Å². The van der Waals surface area contributed by atoms with Crippen molar-refractivity contribution in [3.8, 4) is 0 Å². The molecule has 0 saturated heterocycles. The number of fused-ring (bicyclic) bond motifs is 1. The van der Waals surface area contributed by atoms with Crippen molar-refractivity contribution in [3.63, 3.8) is 0 Å². The number of amidine groups is 2. The Labute approximate surface area is 103 Å². The monoisotopic (exact) mass is 245 g/mol. The fourth-order valence-corrected chi connectivity index (χ4v) is 1.72. The molecule has 0 radical (unpaired) electrons. The second kappa shape index (κ2) is 4.10. The summed E-state index contributed by atoms with van der Waals surface area (Å²) in [6, 6.07) is 7.18. The Hall–Kier alpha value is -2.01. The lowest BCUT2D eigenvalue weighted by molar-refractivity contribution is 1.13. The highest BCUT2D eigenvalue weighted by molar-refractivity contribution is 6.30. The second-order valence-electron chi connectivity index (χ2n) is 3.55. The maximum absolute atomic E-state index is 5.82. The standard InChI is InChI=1S/C11H8ClN5/c12-7-1-3-8(4-2-7)17-11-9-10(14-5-13-9)15-6-16-11/h1-6,9H,(H,13,14,15,16,17)/t9-/m0/s1. The van der Waals surface area contributed by atoms with Gasteiger partial charge in [-0.3, -0.25) is 4.99 Å². The van der Waals surface area contributed by atoms with E-state index in [0.29, 0.717) is 10.9 Å². The Morgan fingerprint density at radius 1 is 1.06 bits per heavy atom. The molecule has 84 valence electrons. The molecule has 0 amide bonds. The van der Waals surface area contributed by atoms with Crippen molar-refractivity contribution in [3.05, 3.63) is 29.3 Å². The van der Waals surface area contributed by atoms with Gasteiger partial charge in [0.15, 0.2) is 11.9 Å². The van der Waals surface area contributed by atoms with Gasteiger partial charge in [-0.05, 0) is 24.3 Å². The van der Waals surface area contributed by atoms with Gasteiger partial charge in [-0.15, -0.1) is 0 Å². The van der Waals surface area contributed by atoms with E-state index in [1.165, 1.54) is 12.7 Å². The van der Waals surface area contributed by atoms with Gasteiger partial charge in [0, 0.05) is 10.7 Å². The molecule has 6 heteroatoms. The van der Waals surface area contributed by atoms with Crippen LogP contribution in [-0.4, -0.2) is 30.4 Å². The lowest BCUT2D eigenvalue weighted by Crippen LogP contribution is -2.33. The van der Waals surface area contributed by atoms with Gasteiger partial charge in [0.2, 0.25) is 0 Å². The number of hydrogen-bond acceptors (Lipinski definition) is 5. The van der Waals surface area contributed by atoms with E-state index < -0.39 is 0 Å². The van der Waals surface area contributed by atoms with Crippen LogP contribution in [0.5, 0.6) is 0 Å². The molecule has 2 aliphatic heterocycles. The molecule has 3 rings (SSSR count). The summed E-state index contributed by atoms with van der Waals surface area (Å²) in [4.78, 5) is 16.5. The third kappa shape index (κ3) is 1.97. The molecule has 0 saturated carbocycles. The predicted molar refractivity (Wildman–Crippen MR) is 70.7 cm³/mol. The number of rotatable bonds is 1. The highest BCUT2D eigenvalue weighted by Crippen LogP contribution is 2.16. The van der Waals surface area contributed by atoms with Gasteiger partial charge in [-0.25, -0.2) is 15.0 Å². The number of aliphatic imine (C=N–C) groups is 4. The number of nitrogens with zero attached hydrogens (tertiary/aromatic N) is 4. The van der Waals surface area contributed by atoms with Gasteiger partial charge in [-0.2, -0.15) is 0 Å². The van der Waals surface area contributed by atoms with Crippen molar-refractivity contribution in [1.82, 2.24) is 0 Å². The quantitative estimate of drug-likeness (QED) is 0.808. The predicted octanol–water partition coefficient (Wildman–Crippen LogP) is 2.00. The molecule has 1 N–H and O–H groups in total. The van der Waals surface area contributed by atoms with Crippen LogP contribution < -0.4 is 5.32 Å². The third-order valence-corrected chi connectivity index (χ3v) is 2.66. The van der Waals surface area contributed by atoms with Crippen LogP contribution in [0.4, 0.5) is 5.69 Å². The summed E-state index contributed by atoms with van der Waals surface area (Å²) in [6.45, 7) is 0. The molecule has 17 heavy (non-hydrogen) atoms. The summed E-state index contributed by atoms with van der Waals surface area (Å²) in [5.74, 6) is 1.38. The Balaban J connectivity index is 1.84. The molecule has 0 bridgehead atoms. The molecular formula is C11H8ClN5. The number of nitrogens with one attached hydrogen (secondary N) is 1. The summed E-state index contributed by atoms with van der Waals surface area (Å²) < 4.78 is 0. The number of hydrogen-bond donors (Lipinski definition) is 1. The minimum absolute atomic E-state index is 0.212. The Morgan fingerprint density at radius 3 is 2.71 bits per heavy atom. The molecule has 0 aromatic heterocycles. The molecule has 0 aliphatic carbocycles. The van der Waals surface area contributed by atoms with Crippen LogP contribution in [0, 0.1) is 0 Å². The number of benzene rings is 1.